The molecule has 0 radical (unpaired) electrons. The van der Waals surface area contributed by atoms with Crippen molar-refractivity contribution >= 4 is 20.3 Å². The Kier molecular flexibility index (Phi) is 5.96. The molecular formula is C21H27O2P. The van der Waals surface area contributed by atoms with Gasteiger partial charge in [-0.15, -0.1) is 9.24 Å². The summed E-state index contributed by atoms with van der Waals surface area (Å²) in [5.41, 5.74) is 3.97. The summed E-state index contributed by atoms with van der Waals surface area (Å²) in [6.45, 7) is 8.05. The van der Waals surface area contributed by atoms with Crippen molar-refractivity contribution in [2.24, 2.45) is 5.41 Å². The molecular weight excluding hydrogens is 315 g/mol. The molecule has 1 aliphatic rings. The molecule has 0 heterocycles. The number of aliphatic hydroxyl groups is 1. The zero-order valence-corrected chi connectivity index (χ0v) is 16.1. The van der Waals surface area contributed by atoms with Crippen molar-refractivity contribution in [1.82, 2.24) is 0 Å². The summed E-state index contributed by atoms with van der Waals surface area (Å²) < 4.78 is 0. The number of rotatable bonds is 4. The minimum Gasteiger partial charge on any atom is -0.385 e. The predicted molar refractivity (Wildman–Crippen MR) is 104 cm³/mol. The Labute approximate surface area is 147 Å². The van der Waals surface area contributed by atoms with E-state index in [1.165, 1.54) is 10.9 Å². The molecule has 2 nitrogen and oxygen atoms in total. The van der Waals surface area contributed by atoms with E-state index in [0.717, 1.165) is 17.6 Å². The highest BCUT2D eigenvalue weighted by atomic mass is 31.0. The molecule has 0 saturated carbocycles. The van der Waals surface area contributed by atoms with E-state index < -0.39 is 6.10 Å². The highest BCUT2D eigenvalue weighted by Crippen LogP contribution is 2.39. The molecule has 0 amide bonds. The van der Waals surface area contributed by atoms with Gasteiger partial charge in [-0.05, 0) is 54.1 Å². The molecule has 0 bridgehead atoms. The van der Waals surface area contributed by atoms with Gasteiger partial charge in [-0.25, -0.2) is 0 Å². The molecule has 1 N–H and O–H groups in total. The molecule has 1 aliphatic carbocycles. The van der Waals surface area contributed by atoms with Crippen LogP contribution >= 0.6 is 9.24 Å². The Morgan fingerprint density at radius 1 is 1.38 bits per heavy atom. The highest BCUT2D eigenvalue weighted by Gasteiger charge is 2.36. The van der Waals surface area contributed by atoms with E-state index in [2.05, 4.69) is 60.4 Å². The Bertz CT molecular complexity index is 723. The van der Waals surface area contributed by atoms with E-state index >= 15 is 0 Å². The van der Waals surface area contributed by atoms with E-state index in [-0.39, 0.29) is 11.2 Å². The first-order valence-electron chi connectivity index (χ1n) is 8.34. The van der Waals surface area contributed by atoms with Crippen molar-refractivity contribution in [3.05, 3.63) is 64.8 Å². The fourth-order valence-electron chi connectivity index (χ4n) is 3.20. The number of benzene rings is 1. The lowest BCUT2D eigenvalue weighted by atomic mass is 9.71. The van der Waals surface area contributed by atoms with Crippen LogP contribution in [0.1, 0.15) is 39.7 Å². The summed E-state index contributed by atoms with van der Waals surface area (Å²) in [5.74, 6) is -0.146. The van der Waals surface area contributed by atoms with Crippen LogP contribution in [-0.2, 0) is 11.2 Å². The summed E-state index contributed by atoms with van der Waals surface area (Å²) >= 11 is 0. The van der Waals surface area contributed by atoms with E-state index in [9.17, 15) is 9.90 Å². The Balaban J connectivity index is 2.18. The van der Waals surface area contributed by atoms with Crippen LogP contribution in [0.5, 0.6) is 0 Å². The molecule has 24 heavy (non-hydrogen) atoms. The Morgan fingerprint density at radius 3 is 2.71 bits per heavy atom. The quantitative estimate of drug-likeness (QED) is 0.665. The molecule has 128 valence electrons. The van der Waals surface area contributed by atoms with Crippen LogP contribution < -0.4 is 5.30 Å². The monoisotopic (exact) mass is 342 g/mol. The lowest BCUT2D eigenvalue weighted by molar-refractivity contribution is -0.125. The zero-order valence-electron chi connectivity index (χ0n) is 15.0. The van der Waals surface area contributed by atoms with Crippen LogP contribution in [0.15, 0.2) is 59.2 Å². The van der Waals surface area contributed by atoms with Gasteiger partial charge in [0.1, 0.15) is 6.10 Å². The van der Waals surface area contributed by atoms with Gasteiger partial charge in [0, 0.05) is 0 Å². The Hall–Kier alpha value is -1.50. The van der Waals surface area contributed by atoms with E-state index in [1.54, 1.807) is 0 Å². The smallest absolute Gasteiger partial charge is 0.187 e. The lowest BCUT2D eigenvalue weighted by Gasteiger charge is -2.34. The maximum Gasteiger partial charge on any atom is 0.187 e. The number of allylic oxidation sites excluding steroid dienone is 5. The molecule has 0 spiro atoms. The largest absolute Gasteiger partial charge is 0.385 e. The molecule has 3 heteroatoms. The second-order valence-electron chi connectivity index (χ2n) is 7.19. The van der Waals surface area contributed by atoms with Crippen LogP contribution in [0, 0.1) is 5.41 Å². The van der Waals surface area contributed by atoms with Crippen LogP contribution in [0.3, 0.4) is 0 Å². The first-order chi connectivity index (χ1) is 11.2. The van der Waals surface area contributed by atoms with Crippen molar-refractivity contribution in [1.29, 1.82) is 0 Å². The second kappa shape index (κ2) is 7.59. The number of carbonyl (C=O) groups is 1. The van der Waals surface area contributed by atoms with Crippen LogP contribution in [0.2, 0.25) is 0 Å². The molecule has 1 aromatic carbocycles. The zero-order chi connectivity index (χ0) is 17.9. The van der Waals surface area contributed by atoms with Gasteiger partial charge in [-0.3, -0.25) is 4.79 Å². The van der Waals surface area contributed by atoms with E-state index in [1.807, 2.05) is 19.1 Å². The summed E-state index contributed by atoms with van der Waals surface area (Å²) in [6, 6.07) is 8.31. The number of hydrogen-bond acceptors (Lipinski definition) is 2. The average molecular weight is 342 g/mol. The SMILES string of the molecule is CC(C=CC1=C(C)C(=O)C(O)CC1(C)C)=CCc1ccccc1P. The van der Waals surface area contributed by atoms with Crippen molar-refractivity contribution < 1.29 is 9.90 Å². The van der Waals surface area contributed by atoms with Crippen molar-refractivity contribution in [3.8, 4) is 0 Å². The van der Waals surface area contributed by atoms with Gasteiger partial charge >= 0.3 is 0 Å². The molecule has 2 atom stereocenters. The van der Waals surface area contributed by atoms with Gasteiger partial charge in [0.2, 0.25) is 0 Å². The van der Waals surface area contributed by atoms with E-state index in [4.69, 9.17) is 0 Å². The maximum absolute atomic E-state index is 12.1. The number of ketones is 1. The Morgan fingerprint density at radius 2 is 2.04 bits per heavy atom. The van der Waals surface area contributed by atoms with Gasteiger partial charge in [0.05, 0.1) is 0 Å². The molecule has 0 fully saturated rings. The number of carbonyl (C=O) groups excluding carboxylic acids is 1. The molecule has 2 rings (SSSR count). The number of hydrogen-bond donors (Lipinski definition) is 1. The topological polar surface area (TPSA) is 37.3 Å². The molecule has 1 aromatic rings. The fraction of sp³-hybridized carbons (Fsp3) is 0.381. The van der Waals surface area contributed by atoms with Gasteiger partial charge < -0.3 is 5.11 Å². The minimum absolute atomic E-state index is 0.146. The van der Waals surface area contributed by atoms with Crippen molar-refractivity contribution in [3.63, 3.8) is 0 Å². The first-order valence-corrected chi connectivity index (χ1v) is 8.92. The van der Waals surface area contributed by atoms with Gasteiger partial charge in [-0.1, -0.05) is 61.9 Å². The summed E-state index contributed by atoms with van der Waals surface area (Å²) in [6.07, 6.45) is 6.80. The second-order valence-corrected chi connectivity index (χ2v) is 7.81. The standard InChI is InChI=1S/C21H27O2P/c1-14(9-11-16-7-5-6-8-19(16)24)10-12-17-15(2)20(23)18(22)13-21(17,3)4/h5-10,12,18,22H,11,13,24H2,1-4H3. The normalized spacial score (nSPS) is 21.7. The van der Waals surface area contributed by atoms with Crippen molar-refractivity contribution in [2.45, 2.75) is 46.6 Å². The van der Waals surface area contributed by atoms with Crippen LogP contribution in [-0.4, -0.2) is 17.0 Å². The van der Waals surface area contributed by atoms with Gasteiger partial charge in [-0.2, -0.15) is 0 Å². The minimum atomic E-state index is -0.868. The van der Waals surface area contributed by atoms with Crippen LogP contribution in [0.4, 0.5) is 0 Å². The lowest BCUT2D eigenvalue weighted by Crippen LogP contribution is -2.35. The highest BCUT2D eigenvalue weighted by molar-refractivity contribution is 7.27. The third-order valence-electron chi connectivity index (χ3n) is 4.72. The molecule has 2 unspecified atom stereocenters. The predicted octanol–water partition coefficient (Wildman–Crippen LogP) is 3.91. The first kappa shape index (κ1) is 18.8. The third-order valence-corrected chi connectivity index (χ3v) is 5.28. The average Bonchev–Trinajstić information content (AvgIpc) is 2.51. The van der Waals surface area contributed by atoms with E-state index in [0.29, 0.717) is 12.0 Å². The van der Waals surface area contributed by atoms with Gasteiger partial charge in [0.25, 0.3) is 0 Å². The summed E-state index contributed by atoms with van der Waals surface area (Å²) in [7, 11) is 2.77. The van der Waals surface area contributed by atoms with Gasteiger partial charge in [0.15, 0.2) is 5.78 Å². The fourth-order valence-corrected chi connectivity index (χ4v) is 3.53. The maximum atomic E-state index is 12.1. The molecule has 0 aromatic heterocycles. The number of Topliss-reactive ketones (excluding diaryl/α,β-unsaturated/α-hetero) is 1. The third kappa shape index (κ3) is 4.32. The number of aliphatic hydroxyl groups excluding tert-OH is 1. The summed E-state index contributed by atoms with van der Waals surface area (Å²) in [5, 5.41) is 11.1. The molecule has 0 saturated heterocycles. The van der Waals surface area contributed by atoms with Crippen LogP contribution in [0.25, 0.3) is 0 Å². The molecule has 0 aliphatic heterocycles. The van der Waals surface area contributed by atoms with Crippen molar-refractivity contribution in [2.75, 3.05) is 0 Å². The summed E-state index contributed by atoms with van der Waals surface area (Å²) in [4.78, 5) is 12.1.